The highest BCUT2D eigenvalue weighted by Crippen LogP contribution is 2.22. The SMILES string of the molecule is C=CCn1c(=NC(=O)CSc2ccc(F)cc2)sc2cc(C)c(C)cc21. The van der Waals surface area contributed by atoms with Gasteiger partial charge in [-0.3, -0.25) is 4.79 Å². The lowest BCUT2D eigenvalue weighted by atomic mass is 10.1. The minimum absolute atomic E-state index is 0.211. The van der Waals surface area contributed by atoms with Gasteiger partial charge in [0.15, 0.2) is 4.80 Å². The lowest BCUT2D eigenvalue weighted by molar-refractivity contribution is -0.115. The molecule has 0 bridgehead atoms. The monoisotopic (exact) mass is 386 g/mol. The van der Waals surface area contributed by atoms with E-state index in [1.807, 2.05) is 4.57 Å². The summed E-state index contributed by atoms with van der Waals surface area (Å²) >= 11 is 2.86. The topological polar surface area (TPSA) is 34.4 Å². The Balaban J connectivity index is 1.89. The van der Waals surface area contributed by atoms with Crippen molar-refractivity contribution in [3.8, 4) is 0 Å². The van der Waals surface area contributed by atoms with Gasteiger partial charge in [0.05, 0.1) is 16.0 Å². The van der Waals surface area contributed by atoms with Crippen LogP contribution < -0.4 is 4.80 Å². The summed E-state index contributed by atoms with van der Waals surface area (Å²) in [6, 6.07) is 10.4. The molecule has 0 aliphatic heterocycles. The zero-order valence-corrected chi connectivity index (χ0v) is 16.3. The number of allylic oxidation sites excluding steroid dienone is 1. The number of halogens is 1. The second kappa shape index (κ2) is 8.01. The third kappa shape index (κ3) is 4.14. The van der Waals surface area contributed by atoms with Crippen molar-refractivity contribution < 1.29 is 9.18 Å². The Kier molecular flexibility index (Phi) is 5.74. The molecular formula is C20H19FN2OS2. The van der Waals surface area contributed by atoms with Crippen LogP contribution >= 0.6 is 23.1 Å². The molecule has 3 rings (SSSR count). The number of benzene rings is 2. The van der Waals surface area contributed by atoms with E-state index in [2.05, 4.69) is 37.6 Å². The van der Waals surface area contributed by atoms with Crippen LogP contribution in [-0.2, 0) is 11.3 Å². The molecule has 2 aromatic carbocycles. The van der Waals surface area contributed by atoms with Crippen LogP contribution in [0.4, 0.5) is 4.39 Å². The molecule has 0 atom stereocenters. The summed E-state index contributed by atoms with van der Waals surface area (Å²) in [5.41, 5.74) is 3.49. The van der Waals surface area contributed by atoms with Crippen LogP contribution in [0.2, 0.25) is 0 Å². The largest absolute Gasteiger partial charge is 0.312 e. The molecule has 1 heterocycles. The summed E-state index contributed by atoms with van der Waals surface area (Å²) in [5.74, 6) is -0.282. The predicted octanol–water partition coefficient (Wildman–Crippen LogP) is 4.86. The summed E-state index contributed by atoms with van der Waals surface area (Å²) in [5, 5.41) is 0. The first-order valence-corrected chi connectivity index (χ1v) is 9.95. The molecule has 0 saturated carbocycles. The second-order valence-electron chi connectivity index (χ2n) is 5.94. The zero-order chi connectivity index (χ0) is 18.7. The summed E-state index contributed by atoms with van der Waals surface area (Å²) in [6.45, 7) is 8.56. The minimum Gasteiger partial charge on any atom is -0.312 e. The first kappa shape index (κ1) is 18.6. The quantitative estimate of drug-likeness (QED) is 0.463. The number of hydrogen-bond acceptors (Lipinski definition) is 3. The Morgan fingerprint density at radius 1 is 1.27 bits per heavy atom. The van der Waals surface area contributed by atoms with E-state index >= 15 is 0 Å². The normalized spacial score (nSPS) is 11.9. The predicted molar refractivity (Wildman–Crippen MR) is 107 cm³/mol. The van der Waals surface area contributed by atoms with Crippen molar-refractivity contribution >= 4 is 39.2 Å². The van der Waals surface area contributed by atoms with Crippen LogP contribution in [0.1, 0.15) is 11.1 Å². The zero-order valence-electron chi connectivity index (χ0n) is 14.7. The number of carbonyl (C=O) groups is 1. The molecule has 0 radical (unpaired) electrons. The van der Waals surface area contributed by atoms with Crippen molar-refractivity contribution in [2.24, 2.45) is 4.99 Å². The fraction of sp³-hybridized carbons (Fsp3) is 0.200. The molecule has 1 aromatic heterocycles. The Morgan fingerprint density at radius 2 is 1.96 bits per heavy atom. The van der Waals surface area contributed by atoms with Crippen LogP contribution in [0.15, 0.2) is 58.9 Å². The first-order valence-electron chi connectivity index (χ1n) is 8.15. The molecule has 0 saturated heterocycles. The Morgan fingerprint density at radius 3 is 2.65 bits per heavy atom. The van der Waals surface area contributed by atoms with E-state index in [1.54, 1.807) is 18.2 Å². The molecule has 6 heteroatoms. The molecule has 3 nitrogen and oxygen atoms in total. The van der Waals surface area contributed by atoms with Crippen molar-refractivity contribution in [1.82, 2.24) is 4.57 Å². The summed E-state index contributed by atoms with van der Waals surface area (Å²) in [6.07, 6.45) is 1.80. The highest BCUT2D eigenvalue weighted by Gasteiger charge is 2.09. The van der Waals surface area contributed by atoms with E-state index in [0.717, 1.165) is 15.1 Å². The van der Waals surface area contributed by atoms with Gasteiger partial charge in [-0.25, -0.2) is 4.39 Å². The van der Waals surface area contributed by atoms with Crippen molar-refractivity contribution in [3.63, 3.8) is 0 Å². The smallest absolute Gasteiger partial charge is 0.258 e. The minimum atomic E-state index is -0.285. The van der Waals surface area contributed by atoms with Crippen LogP contribution in [-0.4, -0.2) is 16.2 Å². The maximum atomic E-state index is 12.9. The van der Waals surface area contributed by atoms with Gasteiger partial charge in [0, 0.05) is 11.4 Å². The van der Waals surface area contributed by atoms with Crippen LogP contribution in [0.5, 0.6) is 0 Å². The number of hydrogen-bond donors (Lipinski definition) is 0. The van der Waals surface area contributed by atoms with E-state index < -0.39 is 0 Å². The van der Waals surface area contributed by atoms with Gasteiger partial charge in [0.1, 0.15) is 5.82 Å². The van der Waals surface area contributed by atoms with E-state index in [0.29, 0.717) is 11.3 Å². The molecule has 0 unspecified atom stereocenters. The molecule has 0 fully saturated rings. The fourth-order valence-electron chi connectivity index (χ4n) is 2.53. The maximum Gasteiger partial charge on any atom is 0.258 e. The standard InChI is InChI=1S/C20H19FN2OS2/c1-4-9-23-17-10-13(2)14(3)11-18(17)26-20(23)22-19(24)12-25-16-7-5-15(21)6-8-16/h4-8,10-11H,1,9,12H2,2-3H3. The van der Waals surface area contributed by atoms with Gasteiger partial charge in [-0.15, -0.1) is 18.3 Å². The number of thioether (sulfide) groups is 1. The van der Waals surface area contributed by atoms with E-state index in [4.69, 9.17) is 0 Å². The first-order chi connectivity index (χ1) is 12.5. The van der Waals surface area contributed by atoms with Crippen molar-refractivity contribution in [1.29, 1.82) is 0 Å². The number of carbonyl (C=O) groups excluding carboxylic acids is 1. The lowest BCUT2D eigenvalue weighted by Gasteiger charge is -2.04. The Labute approximate surface area is 159 Å². The molecule has 134 valence electrons. The molecule has 0 N–H and O–H groups in total. The van der Waals surface area contributed by atoms with Gasteiger partial charge < -0.3 is 4.57 Å². The average molecular weight is 387 g/mol. The third-order valence-electron chi connectivity index (χ3n) is 4.01. The number of nitrogens with zero attached hydrogens (tertiary/aromatic N) is 2. The number of aryl methyl sites for hydroxylation is 2. The van der Waals surface area contributed by atoms with Gasteiger partial charge in [-0.1, -0.05) is 17.4 Å². The highest BCUT2D eigenvalue weighted by molar-refractivity contribution is 8.00. The molecule has 0 aliphatic carbocycles. The van der Waals surface area contributed by atoms with Crippen LogP contribution in [0.3, 0.4) is 0 Å². The van der Waals surface area contributed by atoms with Crippen molar-refractivity contribution in [3.05, 3.63) is 70.8 Å². The molecule has 1 amide bonds. The van der Waals surface area contributed by atoms with Crippen molar-refractivity contribution in [2.45, 2.75) is 25.3 Å². The number of amides is 1. The van der Waals surface area contributed by atoms with Gasteiger partial charge in [0.2, 0.25) is 0 Å². The van der Waals surface area contributed by atoms with Crippen LogP contribution in [0.25, 0.3) is 10.2 Å². The summed E-state index contributed by atoms with van der Waals surface area (Å²) in [4.78, 5) is 18.2. The highest BCUT2D eigenvalue weighted by atomic mass is 32.2. The van der Waals surface area contributed by atoms with Crippen molar-refractivity contribution in [2.75, 3.05) is 5.75 Å². The van der Waals surface area contributed by atoms with E-state index in [1.165, 1.54) is 46.4 Å². The number of fused-ring (bicyclic) bond motifs is 1. The van der Waals surface area contributed by atoms with Crippen LogP contribution in [0, 0.1) is 19.7 Å². The fourth-order valence-corrected chi connectivity index (χ4v) is 4.35. The Hall–Kier alpha value is -2.18. The van der Waals surface area contributed by atoms with E-state index in [9.17, 15) is 9.18 Å². The summed E-state index contributed by atoms with van der Waals surface area (Å²) < 4.78 is 16.1. The van der Waals surface area contributed by atoms with Gasteiger partial charge in [-0.05, 0) is 61.4 Å². The van der Waals surface area contributed by atoms with E-state index in [-0.39, 0.29) is 17.5 Å². The van der Waals surface area contributed by atoms with Gasteiger partial charge in [-0.2, -0.15) is 4.99 Å². The third-order valence-corrected chi connectivity index (χ3v) is 6.04. The van der Waals surface area contributed by atoms with Gasteiger partial charge >= 0.3 is 0 Å². The molecule has 0 aliphatic rings. The number of thiazole rings is 1. The summed E-state index contributed by atoms with van der Waals surface area (Å²) in [7, 11) is 0. The molecule has 0 spiro atoms. The number of rotatable bonds is 5. The second-order valence-corrected chi connectivity index (χ2v) is 7.99. The maximum absolute atomic E-state index is 12.9. The molecule has 3 aromatic rings. The number of aromatic nitrogens is 1. The molecule has 26 heavy (non-hydrogen) atoms. The Bertz CT molecular complexity index is 1030. The van der Waals surface area contributed by atoms with Gasteiger partial charge in [0.25, 0.3) is 5.91 Å². The molecular weight excluding hydrogens is 367 g/mol. The average Bonchev–Trinajstić information content (AvgIpc) is 2.92. The lowest BCUT2D eigenvalue weighted by Crippen LogP contribution is -2.16.